The molecule has 3 aromatic carbocycles. The molecule has 1 unspecified atom stereocenters. The van der Waals surface area contributed by atoms with E-state index in [1.807, 2.05) is 74.5 Å². The third-order valence-corrected chi connectivity index (χ3v) is 6.40. The minimum absolute atomic E-state index is 0.0822. The Morgan fingerprint density at radius 1 is 0.969 bits per heavy atom. The van der Waals surface area contributed by atoms with Crippen molar-refractivity contribution in [2.24, 2.45) is 5.92 Å². The highest BCUT2D eigenvalue weighted by Crippen LogP contribution is 2.36. The highest BCUT2D eigenvalue weighted by atomic mass is 35.5. The van der Waals surface area contributed by atoms with E-state index in [-0.39, 0.29) is 24.5 Å². The summed E-state index contributed by atoms with van der Waals surface area (Å²) in [4.78, 5) is 15.2. The zero-order valence-corrected chi connectivity index (χ0v) is 19.6. The van der Waals surface area contributed by atoms with Crippen LogP contribution in [0.4, 0.5) is 0 Å². The molecule has 0 bridgehead atoms. The number of benzene rings is 3. The molecule has 0 saturated heterocycles. The van der Waals surface area contributed by atoms with Crippen LogP contribution in [0.1, 0.15) is 30.5 Å². The zero-order chi connectivity index (χ0) is 22.7. The van der Waals surface area contributed by atoms with Crippen molar-refractivity contribution in [3.63, 3.8) is 0 Å². The Morgan fingerprint density at radius 3 is 2.47 bits per heavy atom. The second-order valence-electron chi connectivity index (χ2n) is 8.26. The van der Waals surface area contributed by atoms with Crippen LogP contribution >= 0.6 is 23.2 Å². The summed E-state index contributed by atoms with van der Waals surface area (Å²) >= 11 is 12.6. The fourth-order valence-corrected chi connectivity index (χ4v) is 4.45. The van der Waals surface area contributed by atoms with Crippen molar-refractivity contribution in [2.75, 3.05) is 0 Å². The molecule has 4 rings (SSSR count). The lowest BCUT2D eigenvalue weighted by Gasteiger charge is -2.28. The van der Waals surface area contributed by atoms with Crippen molar-refractivity contribution in [1.29, 1.82) is 0 Å². The van der Waals surface area contributed by atoms with Gasteiger partial charge in [0.1, 0.15) is 24.1 Å². The van der Waals surface area contributed by atoms with Gasteiger partial charge in [-0.25, -0.2) is 0 Å². The first-order valence-corrected chi connectivity index (χ1v) is 11.4. The van der Waals surface area contributed by atoms with E-state index in [9.17, 15) is 4.79 Å². The Bertz CT molecular complexity index is 1100. The number of carbonyl (C=O) groups excluding carboxylic acids is 1. The van der Waals surface area contributed by atoms with Crippen molar-refractivity contribution < 1.29 is 14.3 Å². The normalized spacial score (nSPS) is 14.3. The number of rotatable bonds is 7. The fraction of sp³-hybridized carbons (Fsp3) is 0.269. The molecular weight excluding hydrogens is 445 g/mol. The van der Waals surface area contributed by atoms with E-state index >= 15 is 0 Å². The maximum atomic E-state index is 13.1. The van der Waals surface area contributed by atoms with Crippen LogP contribution in [-0.2, 0) is 29.2 Å². The predicted octanol–water partition coefficient (Wildman–Crippen LogP) is 6.87. The van der Waals surface area contributed by atoms with E-state index in [1.54, 1.807) is 6.07 Å². The van der Waals surface area contributed by atoms with E-state index in [1.165, 1.54) is 0 Å². The van der Waals surface area contributed by atoms with Gasteiger partial charge in [-0.05, 0) is 52.9 Å². The number of hydrogen-bond acceptors (Lipinski definition) is 4. The van der Waals surface area contributed by atoms with Crippen LogP contribution < -0.4 is 4.74 Å². The Kier molecular flexibility index (Phi) is 7.04. The average Bonchev–Trinajstić information content (AvgIpc) is 3.20. The highest BCUT2D eigenvalue weighted by molar-refractivity contribution is 6.42. The van der Waals surface area contributed by atoms with E-state index in [2.05, 4.69) is 4.90 Å². The van der Waals surface area contributed by atoms with Crippen molar-refractivity contribution in [3.05, 3.63) is 93.5 Å². The van der Waals surface area contributed by atoms with Crippen molar-refractivity contribution >= 4 is 29.2 Å². The molecule has 1 atom stereocenters. The predicted molar refractivity (Wildman–Crippen MR) is 127 cm³/mol. The third kappa shape index (κ3) is 5.09. The van der Waals surface area contributed by atoms with Crippen molar-refractivity contribution in [3.8, 4) is 11.5 Å². The maximum Gasteiger partial charge on any atom is 0.323 e. The molecule has 0 spiro atoms. The van der Waals surface area contributed by atoms with Gasteiger partial charge in [-0.3, -0.25) is 9.69 Å². The molecule has 0 aliphatic carbocycles. The topological polar surface area (TPSA) is 38.8 Å². The van der Waals surface area contributed by atoms with Crippen molar-refractivity contribution in [2.45, 2.75) is 39.6 Å². The molecule has 0 fully saturated rings. The molecule has 32 heavy (non-hydrogen) atoms. The molecule has 0 amide bonds. The first kappa shape index (κ1) is 22.7. The molecule has 0 saturated carbocycles. The molecule has 6 heteroatoms. The first-order chi connectivity index (χ1) is 15.4. The van der Waals surface area contributed by atoms with Crippen LogP contribution in [-0.4, -0.2) is 16.9 Å². The van der Waals surface area contributed by atoms with Gasteiger partial charge in [0, 0.05) is 13.1 Å². The zero-order valence-electron chi connectivity index (χ0n) is 18.1. The summed E-state index contributed by atoms with van der Waals surface area (Å²) in [6.45, 7) is 5.45. The maximum absolute atomic E-state index is 13.1. The molecule has 0 aromatic heterocycles. The van der Waals surface area contributed by atoms with E-state index < -0.39 is 0 Å². The number of ether oxygens (including phenoxy) is 2. The number of esters is 1. The Labute approximate surface area is 198 Å². The SMILES string of the molecule is CC(C)C(C(=O)OCc1cccc(Oc2ccccc2)c1)N1Cc2ccc(Cl)c(Cl)c2C1. The lowest BCUT2D eigenvalue weighted by Crippen LogP contribution is -2.42. The van der Waals surface area contributed by atoms with Gasteiger partial charge in [0.05, 0.1) is 10.0 Å². The molecule has 1 aliphatic rings. The molecule has 0 radical (unpaired) electrons. The molecule has 1 heterocycles. The van der Waals surface area contributed by atoms with Crippen LogP contribution in [0.25, 0.3) is 0 Å². The van der Waals surface area contributed by atoms with Gasteiger partial charge in [0.2, 0.25) is 0 Å². The van der Waals surface area contributed by atoms with Crippen molar-refractivity contribution in [1.82, 2.24) is 4.90 Å². The minimum Gasteiger partial charge on any atom is -0.460 e. The van der Waals surface area contributed by atoms with Crippen LogP contribution in [0.15, 0.2) is 66.7 Å². The molecular formula is C26H25Cl2NO3. The summed E-state index contributed by atoms with van der Waals surface area (Å²) in [5.74, 6) is 1.30. The summed E-state index contributed by atoms with van der Waals surface area (Å²) in [5, 5.41) is 1.10. The summed E-state index contributed by atoms with van der Waals surface area (Å²) < 4.78 is 11.6. The van der Waals surface area contributed by atoms with Gasteiger partial charge >= 0.3 is 5.97 Å². The van der Waals surface area contributed by atoms with Gasteiger partial charge in [0.25, 0.3) is 0 Å². The lowest BCUT2D eigenvalue weighted by molar-refractivity contribution is -0.153. The molecule has 0 N–H and O–H groups in total. The average molecular weight is 470 g/mol. The first-order valence-electron chi connectivity index (χ1n) is 10.6. The number of halogens is 2. The van der Waals surface area contributed by atoms with Gasteiger partial charge in [-0.2, -0.15) is 0 Å². The molecule has 4 nitrogen and oxygen atoms in total. The standard InChI is InChI=1S/C26H25Cl2NO3/c1-17(2)25(29-14-19-11-12-23(27)24(28)22(19)15-29)26(30)31-16-18-7-6-10-21(13-18)32-20-8-4-3-5-9-20/h3-13,17,25H,14-16H2,1-2H3. The van der Waals surface area contributed by atoms with Crippen LogP contribution in [0, 0.1) is 5.92 Å². The van der Waals surface area contributed by atoms with Gasteiger partial charge in [-0.1, -0.05) is 73.4 Å². The number of hydrogen-bond donors (Lipinski definition) is 0. The summed E-state index contributed by atoms with van der Waals surface area (Å²) in [5.41, 5.74) is 2.96. The van der Waals surface area contributed by atoms with Crippen LogP contribution in [0.5, 0.6) is 11.5 Å². The monoisotopic (exact) mass is 469 g/mol. The second kappa shape index (κ2) is 9.95. The van der Waals surface area contributed by atoms with E-state index in [4.69, 9.17) is 32.7 Å². The highest BCUT2D eigenvalue weighted by Gasteiger charge is 2.35. The number of fused-ring (bicyclic) bond motifs is 1. The lowest BCUT2D eigenvalue weighted by atomic mass is 10.0. The summed E-state index contributed by atoms with van der Waals surface area (Å²) in [6.07, 6.45) is 0. The third-order valence-electron chi connectivity index (χ3n) is 5.55. The number of carbonyl (C=O) groups is 1. The molecule has 166 valence electrons. The van der Waals surface area contributed by atoms with Gasteiger partial charge < -0.3 is 9.47 Å². The molecule has 1 aliphatic heterocycles. The Hall–Kier alpha value is -2.53. The van der Waals surface area contributed by atoms with Gasteiger partial charge in [0.15, 0.2) is 0 Å². The quantitative estimate of drug-likeness (QED) is 0.353. The summed E-state index contributed by atoms with van der Waals surface area (Å²) in [6, 6.07) is 20.6. The largest absolute Gasteiger partial charge is 0.460 e. The minimum atomic E-state index is -0.374. The number of para-hydroxylation sites is 1. The smallest absolute Gasteiger partial charge is 0.323 e. The summed E-state index contributed by atoms with van der Waals surface area (Å²) in [7, 11) is 0. The van der Waals surface area contributed by atoms with Crippen LogP contribution in [0.2, 0.25) is 10.0 Å². The molecule has 3 aromatic rings. The van der Waals surface area contributed by atoms with E-state index in [0.717, 1.165) is 22.4 Å². The Balaban J connectivity index is 1.41. The second-order valence-corrected chi connectivity index (χ2v) is 9.05. The van der Waals surface area contributed by atoms with E-state index in [0.29, 0.717) is 28.9 Å². The fourth-order valence-electron chi connectivity index (χ4n) is 4.03. The number of nitrogens with zero attached hydrogens (tertiary/aromatic N) is 1. The Morgan fingerprint density at radius 2 is 1.72 bits per heavy atom. The van der Waals surface area contributed by atoms with Gasteiger partial charge in [-0.15, -0.1) is 0 Å². The van der Waals surface area contributed by atoms with Crippen LogP contribution in [0.3, 0.4) is 0 Å².